The zero-order valence-corrected chi connectivity index (χ0v) is 11.6. The quantitative estimate of drug-likeness (QED) is 0.652. The van der Waals surface area contributed by atoms with Crippen molar-refractivity contribution in [3.05, 3.63) is 52.7 Å². The summed E-state index contributed by atoms with van der Waals surface area (Å²) in [6.45, 7) is 0. The van der Waals surface area contributed by atoms with E-state index >= 15 is 0 Å². The fraction of sp³-hybridized carbons (Fsp3) is 0.231. The molecule has 0 aliphatic carbocycles. The Morgan fingerprint density at radius 1 is 1.40 bits per heavy atom. The van der Waals surface area contributed by atoms with E-state index in [-0.39, 0.29) is 11.1 Å². The molecular weight excluding hydrogens is 283 g/mol. The number of methoxy groups -OCH3 is 1. The van der Waals surface area contributed by atoms with Crippen LogP contribution < -0.4 is 16.0 Å². The van der Waals surface area contributed by atoms with Gasteiger partial charge in [-0.3, -0.25) is 11.3 Å². The summed E-state index contributed by atoms with van der Waals surface area (Å²) in [5.74, 6) is 5.56. The van der Waals surface area contributed by atoms with Gasteiger partial charge >= 0.3 is 0 Å². The molecule has 0 saturated carbocycles. The highest BCUT2D eigenvalue weighted by atomic mass is 35.5. The van der Waals surface area contributed by atoms with Crippen molar-refractivity contribution in [2.24, 2.45) is 5.84 Å². The molecule has 1 aromatic heterocycles. The van der Waals surface area contributed by atoms with Crippen LogP contribution in [0.25, 0.3) is 0 Å². The molecule has 106 valence electrons. The minimum atomic E-state index is -0.448. The molecule has 5 nitrogen and oxygen atoms in total. The molecule has 0 fully saturated rings. The predicted octanol–water partition coefficient (Wildman–Crippen LogP) is 2.02. The van der Waals surface area contributed by atoms with Gasteiger partial charge in [0.25, 0.3) is 0 Å². The van der Waals surface area contributed by atoms with Crippen LogP contribution in [0.5, 0.6) is 5.88 Å². The molecule has 1 heterocycles. The standard InChI is InChI=1S/C13H14ClFN4O/c1-20-13-6-11(17-7-18-13)12(19-16)5-8-2-3-10(15)9(14)4-8/h2-4,6-7,12,19H,5,16H2,1H3. The molecule has 1 aromatic carbocycles. The third kappa shape index (κ3) is 3.41. The number of ether oxygens (including phenoxy) is 1. The Balaban J connectivity index is 2.21. The van der Waals surface area contributed by atoms with Gasteiger partial charge in [-0.1, -0.05) is 17.7 Å². The van der Waals surface area contributed by atoms with Gasteiger partial charge in [0.2, 0.25) is 5.88 Å². The van der Waals surface area contributed by atoms with Crippen LogP contribution in [0.1, 0.15) is 17.3 Å². The number of halogens is 2. The van der Waals surface area contributed by atoms with Crippen molar-refractivity contribution in [2.75, 3.05) is 7.11 Å². The number of hydrazine groups is 1. The number of nitrogens with zero attached hydrogens (tertiary/aromatic N) is 2. The monoisotopic (exact) mass is 296 g/mol. The molecule has 7 heteroatoms. The maximum Gasteiger partial charge on any atom is 0.216 e. The highest BCUT2D eigenvalue weighted by molar-refractivity contribution is 6.30. The van der Waals surface area contributed by atoms with E-state index < -0.39 is 5.82 Å². The smallest absolute Gasteiger partial charge is 0.216 e. The fourth-order valence-corrected chi connectivity index (χ4v) is 2.01. The lowest BCUT2D eigenvalue weighted by molar-refractivity contribution is 0.393. The Kier molecular flexibility index (Phi) is 4.84. The van der Waals surface area contributed by atoms with E-state index in [0.717, 1.165) is 5.56 Å². The Morgan fingerprint density at radius 3 is 2.85 bits per heavy atom. The number of hydrogen-bond donors (Lipinski definition) is 2. The van der Waals surface area contributed by atoms with E-state index in [2.05, 4.69) is 15.4 Å². The van der Waals surface area contributed by atoms with Gasteiger partial charge in [-0.25, -0.2) is 14.4 Å². The first-order valence-electron chi connectivity index (χ1n) is 5.90. The molecule has 0 radical (unpaired) electrons. The van der Waals surface area contributed by atoms with Crippen molar-refractivity contribution < 1.29 is 9.13 Å². The summed E-state index contributed by atoms with van der Waals surface area (Å²) in [5.41, 5.74) is 4.19. The summed E-state index contributed by atoms with van der Waals surface area (Å²) < 4.78 is 18.2. The number of rotatable bonds is 5. The van der Waals surface area contributed by atoms with Crippen LogP contribution in [-0.2, 0) is 6.42 Å². The first-order chi connectivity index (χ1) is 9.63. The third-order valence-corrected chi connectivity index (χ3v) is 3.14. The molecule has 2 aromatic rings. The highest BCUT2D eigenvalue weighted by Gasteiger charge is 2.14. The van der Waals surface area contributed by atoms with Crippen molar-refractivity contribution in [3.8, 4) is 5.88 Å². The summed E-state index contributed by atoms with van der Waals surface area (Å²) in [5, 5.41) is 0.0820. The topological polar surface area (TPSA) is 73.1 Å². The first kappa shape index (κ1) is 14.6. The summed E-state index contributed by atoms with van der Waals surface area (Å²) in [7, 11) is 1.52. The summed E-state index contributed by atoms with van der Waals surface area (Å²) in [4.78, 5) is 8.09. The molecule has 0 saturated heterocycles. The second-order valence-corrected chi connectivity index (χ2v) is 4.56. The fourth-order valence-electron chi connectivity index (χ4n) is 1.81. The molecule has 3 N–H and O–H groups in total. The van der Waals surface area contributed by atoms with Crippen LogP contribution in [0.2, 0.25) is 5.02 Å². The Hall–Kier alpha value is -1.76. The number of aromatic nitrogens is 2. The molecule has 0 amide bonds. The molecule has 20 heavy (non-hydrogen) atoms. The molecule has 0 aliphatic rings. The van der Waals surface area contributed by atoms with Gasteiger partial charge in [0, 0.05) is 6.07 Å². The summed E-state index contributed by atoms with van der Waals surface area (Å²) in [6.07, 6.45) is 1.91. The third-order valence-electron chi connectivity index (χ3n) is 2.85. The molecule has 1 unspecified atom stereocenters. The maximum absolute atomic E-state index is 13.1. The lowest BCUT2D eigenvalue weighted by Gasteiger charge is -2.16. The molecular formula is C13H14ClFN4O. The van der Waals surface area contributed by atoms with Crippen LogP contribution in [0, 0.1) is 5.82 Å². The summed E-state index contributed by atoms with van der Waals surface area (Å²) in [6, 6.07) is 5.99. The van der Waals surface area contributed by atoms with Crippen molar-refractivity contribution in [1.82, 2.24) is 15.4 Å². The largest absolute Gasteiger partial charge is 0.481 e. The number of nitrogens with one attached hydrogen (secondary N) is 1. The zero-order valence-electron chi connectivity index (χ0n) is 10.8. The van der Waals surface area contributed by atoms with Crippen LogP contribution in [0.15, 0.2) is 30.6 Å². The minimum Gasteiger partial charge on any atom is -0.481 e. The van der Waals surface area contributed by atoms with Crippen molar-refractivity contribution in [2.45, 2.75) is 12.5 Å². The number of benzene rings is 1. The number of nitrogens with two attached hydrogens (primary N) is 1. The maximum atomic E-state index is 13.1. The molecule has 0 bridgehead atoms. The normalized spacial score (nSPS) is 12.2. The molecule has 0 aliphatic heterocycles. The van der Waals surface area contributed by atoms with E-state index in [9.17, 15) is 4.39 Å². The molecule has 0 spiro atoms. The van der Waals surface area contributed by atoms with E-state index in [0.29, 0.717) is 18.0 Å². The van der Waals surface area contributed by atoms with Gasteiger partial charge in [-0.2, -0.15) is 0 Å². The van der Waals surface area contributed by atoms with Crippen molar-refractivity contribution in [3.63, 3.8) is 0 Å². The molecule has 2 rings (SSSR count). The highest BCUT2D eigenvalue weighted by Crippen LogP contribution is 2.22. The lowest BCUT2D eigenvalue weighted by atomic mass is 10.0. The minimum absolute atomic E-state index is 0.0820. The van der Waals surface area contributed by atoms with Crippen LogP contribution in [0.4, 0.5) is 4.39 Å². The van der Waals surface area contributed by atoms with E-state index in [4.69, 9.17) is 22.2 Å². The van der Waals surface area contributed by atoms with E-state index in [1.807, 2.05) is 0 Å². The second kappa shape index (κ2) is 6.60. The average molecular weight is 297 g/mol. The van der Waals surface area contributed by atoms with Crippen LogP contribution in [-0.4, -0.2) is 17.1 Å². The van der Waals surface area contributed by atoms with E-state index in [1.54, 1.807) is 18.2 Å². The van der Waals surface area contributed by atoms with Gasteiger partial charge in [0.15, 0.2) is 0 Å². The van der Waals surface area contributed by atoms with Gasteiger partial charge in [-0.15, -0.1) is 0 Å². The molecule has 1 atom stereocenters. The van der Waals surface area contributed by atoms with Crippen molar-refractivity contribution in [1.29, 1.82) is 0 Å². The first-order valence-corrected chi connectivity index (χ1v) is 6.28. The van der Waals surface area contributed by atoms with Gasteiger partial charge in [0.1, 0.15) is 12.1 Å². The number of hydrogen-bond acceptors (Lipinski definition) is 5. The van der Waals surface area contributed by atoms with Crippen molar-refractivity contribution >= 4 is 11.6 Å². The van der Waals surface area contributed by atoms with Crippen LogP contribution >= 0.6 is 11.6 Å². The van der Waals surface area contributed by atoms with Gasteiger partial charge < -0.3 is 4.74 Å². The average Bonchev–Trinajstić information content (AvgIpc) is 2.48. The SMILES string of the molecule is COc1cc(C(Cc2ccc(F)c(Cl)c2)NN)ncn1. The Labute approximate surface area is 120 Å². The predicted molar refractivity (Wildman–Crippen MR) is 73.8 cm³/mol. The lowest BCUT2D eigenvalue weighted by Crippen LogP contribution is -2.30. The second-order valence-electron chi connectivity index (χ2n) is 4.16. The zero-order chi connectivity index (χ0) is 14.5. The van der Waals surface area contributed by atoms with E-state index in [1.165, 1.54) is 19.5 Å². The van der Waals surface area contributed by atoms with Gasteiger partial charge in [-0.05, 0) is 24.1 Å². The van der Waals surface area contributed by atoms with Crippen LogP contribution in [0.3, 0.4) is 0 Å². The summed E-state index contributed by atoms with van der Waals surface area (Å²) >= 11 is 5.76. The Morgan fingerprint density at radius 2 is 2.20 bits per heavy atom. The van der Waals surface area contributed by atoms with Gasteiger partial charge in [0.05, 0.1) is 23.9 Å². The Bertz CT molecular complexity index is 596.